The zero-order chi connectivity index (χ0) is 12.3. The molecular formula is C15H17NO. The van der Waals surface area contributed by atoms with Crippen molar-refractivity contribution in [1.29, 1.82) is 0 Å². The molecule has 0 fully saturated rings. The third-order valence-corrected chi connectivity index (χ3v) is 2.74. The number of nitrogen functional groups attached to an aromatic ring is 1. The van der Waals surface area contributed by atoms with E-state index >= 15 is 0 Å². The van der Waals surface area contributed by atoms with Crippen LogP contribution in [0.15, 0.2) is 42.5 Å². The van der Waals surface area contributed by atoms with Crippen molar-refractivity contribution in [2.45, 2.75) is 20.3 Å². The van der Waals surface area contributed by atoms with Crippen LogP contribution in [0.3, 0.4) is 0 Å². The normalized spacial score (nSPS) is 10.2. The van der Waals surface area contributed by atoms with Gasteiger partial charge in [-0.2, -0.15) is 0 Å². The molecule has 0 aliphatic heterocycles. The lowest BCUT2D eigenvalue weighted by atomic mass is 10.1. The van der Waals surface area contributed by atoms with Crippen LogP contribution in [-0.2, 0) is 6.42 Å². The average molecular weight is 227 g/mol. The van der Waals surface area contributed by atoms with Gasteiger partial charge in [-0.3, -0.25) is 0 Å². The average Bonchev–Trinajstić information content (AvgIpc) is 2.34. The Morgan fingerprint density at radius 2 is 1.82 bits per heavy atom. The lowest BCUT2D eigenvalue weighted by molar-refractivity contribution is 0.479. The van der Waals surface area contributed by atoms with E-state index in [2.05, 4.69) is 13.0 Å². The fourth-order valence-corrected chi connectivity index (χ4v) is 1.74. The van der Waals surface area contributed by atoms with Crippen LogP contribution in [0.1, 0.15) is 18.1 Å². The molecule has 0 amide bonds. The van der Waals surface area contributed by atoms with Gasteiger partial charge in [0, 0.05) is 0 Å². The van der Waals surface area contributed by atoms with Crippen LogP contribution in [0, 0.1) is 6.92 Å². The zero-order valence-corrected chi connectivity index (χ0v) is 10.2. The Kier molecular flexibility index (Phi) is 3.33. The Labute approximate surface area is 102 Å². The monoisotopic (exact) mass is 227 g/mol. The summed E-state index contributed by atoms with van der Waals surface area (Å²) in [5.41, 5.74) is 8.90. The van der Waals surface area contributed by atoms with E-state index in [1.165, 1.54) is 5.56 Å². The summed E-state index contributed by atoms with van der Waals surface area (Å²) in [5, 5.41) is 0. The number of hydrogen-bond acceptors (Lipinski definition) is 2. The Bertz CT molecular complexity index is 520. The number of hydrogen-bond donors (Lipinski definition) is 1. The second kappa shape index (κ2) is 4.91. The van der Waals surface area contributed by atoms with Crippen molar-refractivity contribution >= 4 is 5.69 Å². The van der Waals surface area contributed by atoms with Crippen molar-refractivity contribution in [2.24, 2.45) is 0 Å². The SMILES string of the molecule is CCc1ccccc1Oc1cc(C)ccc1N. The molecule has 88 valence electrons. The van der Waals surface area contributed by atoms with Crippen molar-refractivity contribution in [3.05, 3.63) is 53.6 Å². The highest BCUT2D eigenvalue weighted by Gasteiger charge is 2.05. The molecule has 2 heteroatoms. The van der Waals surface area contributed by atoms with Crippen molar-refractivity contribution in [2.75, 3.05) is 5.73 Å². The topological polar surface area (TPSA) is 35.2 Å². The highest BCUT2D eigenvalue weighted by atomic mass is 16.5. The van der Waals surface area contributed by atoms with Gasteiger partial charge >= 0.3 is 0 Å². The molecule has 2 aromatic carbocycles. The highest BCUT2D eigenvalue weighted by Crippen LogP contribution is 2.30. The summed E-state index contributed by atoms with van der Waals surface area (Å²) in [4.78, 5) is 0. The molecule has 0 aromatic heterocycles. The van der Waals surface area contributed by atoms with Crippen LogP contribution < -0.4 is 10.5 Å². The highest BCUT2D eigenvalue weighted by molar-refractivity contribution is 5.55. The van der Waals surface area contributed by atoms with Crippen molar-refractivity contribution < 1.29 is 4.74 Å². The zero-order valence-electron chi connectivity index (χ0n) is 10.2. The predicted octanol–water partition coefficient (Wildman–Crippen LogP) is 3.93. The van der Waals surface area contributed by atoms with Crippen LogP contribution in [0.25, 0.3) is 0 Å². The maximum absolute atomic E-state index is 5.90. The fraction of sp³-hybridized carbons (Fsp3) is 0.200. The summed E-state index contributed by atoms with van der Waals surface area (Å²) in [5.74, 6) is 1.61. The largest absolute Gasteiger partial charge is 0.455 e. The molecule has 0 bridgehead atoms. The van der Waals surface area contributed by atoms with E-state index in [0.717, 1.165) is 23.5 Å². The van der Waals surface area contributed by atoms with Gasteiger partial charge in [0.05, 0.1) is 5.69 Å². The van der Waals surface area contributed by atoms with Gasteiger partial charge in [0.25, 0.3) is 0 Å². The summed E-state index contributed by atoms with van der Waals surface area (Å²) < 4.78 is 5.89. The van der Waals surface area contributed by atoms with Crippen molar-refractivity contribution in [1.82, 2.24) is 0 Å². The van der Waals surface area contributed by atoms with E-state index in [0.29, 0.717) is 5.69 Å². The minimum absolute atomic E-state index is 0.668. The molecule has 0 spiro atoms. The van der Waals surface area contributed by atoms with Gasteiger partial charge in [-0.05, 0) is 42.7 Å². The molecule has 0 heterocycles. The van der Waals surface area contributed by atoms with Crippen molar-refractivity contribution in [3.63, 3.8) is 0 Å². The van der Waals surface area contributed by atoms with Crippen LogP contribution in [0.5, 0.6) is 11.5 Å². The van der Waals surface area contributed by atoms with Gasteiger partial charge in [-0.1, -0.05) is 31.2 Å². The van der Waals surface area contributed by atoms with Gasteiger partial charge in [0.15, 0.2) is 5.75 Å². The Morgan fingerprint density at radius 3 is 2.59 bits per heavy atom. The third-order valence-electron chi connectivity index (χ3n) is 2.74. The third kappa shape index (κ3) is 2.59. The van der Waals surface area contributed by atoms with Gasteiger partial charge in [0.1, 0.15) is 5.75 Å². The molecule has 0 saturated carbocycles. The van der Waals surface area contributed by atoms with Crippen LogP contribution in [-0.4, -0.2) is 0 Å². The second-order valence-electron chi connectivity index (χ2n) is 4.10. The number of rotatable bonds is 3. The van der Waals surface area contributed by atoms with Crippen LogP contribution >= 0.6 is 0 Å². The number of aryl methyl sites for hydroxylation is 2. The molecule has 17 heavy (non-hydrogen) atoms. The molecule has 0 radical (unpaired) electrons. The molecule has 0 atom stereocenters. The Hall–Kier alpha value is -1.96. The lowest BCUT2D eigenvalue weighted by Gasteiger charge is -2.12. The van der Waals surface area contributed by atoms with Gasteiger partial charge < -0.3 is 10.5 Å². The number of benzene rings is 2. The number of nitrogens with two attached hydrogens (primary N) is 1. The molecule has 0 aliphatic rings. The van der Waals surface area contributed by atoms with E-state index in [1.54, 1.807) is 0 Å². The second-order valence-corrected chi connectivity index (χ2v) is 4.10. The van der Waals surface area contributed by atoms with E-state index in [-0.39, 0.29) is 0 Å². The number of ether oxygens (including phenoxy) is 1. The summed E-state index contributed by atoms with van der Waals surface area (Å²) in [6.45, 7) is 4.14. The van der Waals surface area contributed by atoms with Crippen LogP contribution in [0.2, 0.25) is 0 Å². The summed E-state index contributed by atoms with van der Waals surface area (Å²) in [6, 6.07) is 13.8. The molecule has 2 aromatic rings. The fourth-order valence-electron chi connectivity index (χ4n) is 1.74. The lowest BCUT2D eigenvalue weighted by Crippen LogP contribution is -1.95. The first-order valence-electron chi connectivity index (χ1n) is 5.82. The summed E-state index contributed by atoms with van der Waals surface area (Å²) in [6.07, 6.45) is 0.946. The Balaban J connectivity index is 2.34. The Morgan fingerprint density at radius 1 is 1.06 bits per heavy atom. The van der Waals surface area contributed by atoms with Crippen molar-refractivity contribution in [3.8, 4) is 11.5 Å². The quantitative estimate of drug-likeness (QED) is 0.806. The first-order chi connectivity index (χ1) is 8.20. The maximum Gasteiger partial charge on any atom is 0.150 e. The molecule has 0 saturated heterocycles. The molecular weight excluding hydrogens is 210 g/mol. The van der Waals surface area contributed by atoms with Gasteiger partial charge in [-0.15, -0.1) is 0 Å². The first kappa shape index (κ1) is 11.5. The standard InChI is InChI=1S/C15H17NO/c1-3-12-6-4-5-7-14(12)17-15-10-11(2)8-9-13(15)16/h4-10H,3,16H2,1-2H3. The minimum Gasteiger partial charge on any atom is -0.455 e. The van der Waals surface area contributed by atoms with E-state index in [4.69, 9.17) is 10.5 Å². The number of anilines is 1. The molecule has 2 N–H and O–H groups in total. The minimum atomic E-state index is 0.668. The molecule has 2 rings (SSSR count). The number of para-hydroxylation sites is 1. The first-order valence-corrected chi connectivity index (χ1v) is 5.82. The summed E-state index contributed by atoms with van der Waals surface area (Å²) >= 11 is 0. The van der Waals surface area contributed by atoms with E-state index in [9.17, 15) is 0 Å². The van der Waals surface area contributed by atoms with E-state index in [1.807, 2.05) is 43.3 Å². The van der Waals surface area contributed by atoms with Gasteiger partial charge in [0.2, 0.25) is 0 Å². The smallest absolute Gasteiger partial charge is 0.150 e. The molecule has 2 nitrogen and oxygen atoms in total. The molecule has 0 unspecified atom stereocenters. The van der Waals surface area contributed by atoms with Crippen LogP contribution in [0.4, 0.5) is 5.69 Å². The van der Waals surface area contributed by atoms with Gasteiger partial charge in [-0.25, -0.2) is 0 Å². The summed E-state index contributed by atoms with van der Waals surface area (Å²) in [7, 11) is 0. The predicted molar refractivity (Wildman–Crippen MR) is 71.5 cm³/mol. The molecule has 0 aliphatic carbocycles. The van der Waals surface area contributed by atoms with E-state index < -0.39 is 0 Å². The maximum atomic E-state index is 5.90.